The lowest BCUT2D eigenvalue weighted by Crippen LogP contribution is -2.27. The van der Waals surface area contributed by atoms with Crippen LogP contribution in [-0.4, -0.2) is 16.0 Å². The Hall–Kier alpha value is -3.09. The van der Waals surface area contributed by atoms with Crippen molar-refractivity contribution in [1.82, 2.24) is 4.90 Å². The molecule has 0 N–H and O–H groups in total. The maximum atomic E-state index is 13.9. The highest BCUT2D eigenvalue weighted by Crippen LogP contribution is 2.35. The summed E-state index contributed by atoms with van der Waals surface area (Å²) in [4.78, 5) is 26.3. The molecule has 3 aromatic carbocycles. The van der Waals surface area contributed by atoms with E-state index in [0.29, 0.717) is 22.9 Å². The van der Waals surface area contributed by atoms with Crippen LogP contribution in [0.15, 0.2) is 77.7 Å². The van der Waals surface area contributed by atoms with E-state index in [1.165, 1.54) is 6.07 Å². The van der Waals surface area contributed by atoms with Crippen molar-refractivity contribution in [1.29, 1.82) is 0 Å². The summed E-state index contributed by atoms with van der Waals surface area (Å²) < 4.78 is 19.7. The molecule has 1 aliphatic rings. The van der Waals surface area contributed by atoms with Gasteiger partial charge in [0.15, 0.2) is 0 Å². The Morgan fingerprint density at radius 3 is 2.48 bits per heavy atom. The van der Waals surface area contributed by atoms with Gasteiger partial charge in [0.05, 0.1) is 16.5 Å². The molecule has 1 saturated heterocycles. The maximum Gasteiger partial charge on any atom is 0.293 e. The number of amides is 2. The summed E-state index contributed by atoms with van der Waals surface area (Å²) in [6, 6.07) is 20.9. The number of carbonyl (C=O) groups is 2. The van der Waals surface area contributed by atoms with Crippen molar-refractivity contribution in [2.24, 2.45) is 0 Å². The molecule has 7 heteroatoms. The van der Waals surface area contributed by atoms with Crippen LogP contribution in [-0.2, 0) is 17.9 Å². The van der Waals surface area contributed by atoms with Gasteiger partial charge < -0.3 is 4.74 Å². The van der Waals surface area contributed by atoms with Crippen LogP contribution in [0, 0.1) is 5.82 Å². The molecule has 0 saturated carbocycles. The molecular formula is C24H17ClFNO3S. The van der Waals surface area contributed by atoms with Gasteiger partial charge in [0, 0.05) is 5.56 Å². The quantitative estimate of drug-likeness (QED) is 0.411. The van der Waals surface area contributed by atoms with Crippen molar-refractivity contribution >= 4 is 40.6 Å². The lowest BCUT2D eigenvalue weighted by molar-refractivity contribution is -0.123. The molecule has 4 nitrogen and oxygen atoms in total. The van der Waals surface area contributed by atoms with Crippen LogP contribution in [0.5, 0.6) is 5.75 Å². The summed E-state index contributed by atoms with van der Waals surface area (Å²) in [7, 11) is 0. The summed E-state index contributed by atoms with van der Waals surface area (Å²) >= 11 is 7.16. The Morgan fingerprint density at radius 1 is 1.00 bits per heavy atom. The van der Waals surface area contributed by atoms with Gasteiger partial charge in [-0.15, -0.1) is 0 Å². The Kier molecular flexibility index (Phi) is 6.39. The highest BCUT2D eigenvalue weighted by Gasteiger charge is 2.35. The third-order valence-electron chi connectivity index (χ3n) is 4.65. The summed E-state index contributed by atoms with van der Waals surface area (Å²) in [6.07, 6.45) is 1.60. The first-order valence-corrected chi connectivity index (χ1v) is 10.7. The zero-order valence-electron chi connectivity index (χ0n) is 16.3. The third-order valence-corrected chi connectivity index (χ3v) is 5.85. The SMILES string of the molecule is O=C1S/C(=C\c2ccc(OCc3ccccc3)c(Cl)c2)C(=O)N1Cc1ccccc1F. The van der Waals surface area contributed by atoms with E-state index in [-0.39, 0.29) is 17.0 Å². The number of thioether (sulfide) groups is 1. The minimum atomic E-state index is -0.459. The van der Waals surface area contributed by atoms with Crippen molar-refractivity contribution in [2.45, 2.75) is 13.2 Å². The fourth-order valence-corrected chi connectivity index (χ4v) is 4.13. The molecule has 0 radical (unpaired) electrons. The molecule has 1 fully saturated rings. The molecule has 3 aromatic rings. The van der Waals surface area contributed by atoms with Crippen molar-refractivity contribution in [2.75, 3.05) is 0 Å². The van der Waals surface area contributed by atoms with Gasteiger partial charge in [0.2, 0.25) is 0 Å². The monoisotopic (exact) mass is 453 g/mol. The average Bonchev–Trinajstić information content (AvgIpc) is 3.03. The minimum Gasteiger partial charge on any atom is -0.487 e. The highest BCUT2D eigenvalue weighted by molar-refractivity contribution is 8.18. The molecule has 0 aliphatic carbocycles. The average molecular weight is 454 g/mol. The minimum absolute atomic E-state index is 0.109. The van der Waals surface area contributed by atoms with E-state index in [2.05, 4.69) is 0 Å². The van der Waals surface area contributed by atoms with Crippen LogP contribution in [0.4, 0.5) is 9.18 Å². The van der Waals surface area contributed by atoms with Gasteiger partial charge in [0.1, 0.15) is 18.2 Å². The van der Waals surface area contributed by atoms with Gasteiger partial charge >= 0.3 is 0 Å². The third kappa shape index (κ3) is 4.98. The van der Waals surface area contributed by atoms with Gasteiger partial charge in [-0.2, -0.15) is 0 Å². The maximum absolute atomic E-state index is 13.9. The molecule has 0 aromatic heterocycles. The summed E-state index contributed by atoms with van der Waals surface area (Å²) in [6.45, 7) is 0.274. The Morgan fingerprint density at radius 2 is 1.74 bits per heavy atom. The van der Waals surface area contributed by atoms with Crippen LogP contribution < -0.4 is 4.74 Å². The van der Waals surface area contributed by atoms with Gasteiger partial charge in [0.25, 0.3) is 11.1 Å². The Balaban J connectivity index is 1.47. The molecule has 4 rings (SSSR count). The number of nitrogens with zero attached hydrogens (tertiary/aromatic N) is 1. The van der Waals surface area contributed by atoms with Gasteiger partial charge in [-0.1, -0.05) is 66.2 Å². The number of halogens is 2. The molecule has 0 spiro atoms. The largest absolute Gasteiger partial charge is 0.487 e. The number of hydrogen-bond acceptors (Lipinski definition) is 4. The molecule has 31 heavy (non-hydrogen) atoms. The number of imide groups is 1. The van der Waals surface area contributed by atoms with Gasteiger partial charge in [-0.05, 0) is 47.2 Å². The van der Waals surface area contributed by atoms with E-state index < -0.39 is 17.0 Å². The van der Waals surface area contributed by atoms with Gasteiger partial charge in [-0.25, -0.2) is 4.39 Å². The van der Waals surface area contributed by atoms with Gasteiger partial charge in [-0.3, -0.25) is 14.5 Å². The fraction of sp³-hybridized carbons (Fsp3) is 0.0833. The molecule has 2 amide bonds. The zero-order valence-corrected chi connectivity index (χ0v) is 17.8. The first-order chi connectivity index (χ1) is 15.0. The van der Waals surface area contributed by atoms with E-state index in [9.17, 15) is 14.0 Å². The van der Waals surface area contributed by atoms with Crippen molar-refractivity contribution < 1.29 is 18.7 Å². The van der Waals surface area contributed by atoms with Crippen LogP contribution >= 0.6 is 23.4 Å². The number of benzene rings is 3. The lowest BCUT2D eigenvalue weighted by Gasteiger charge is -2.12. The topological polar surface area (TPSA) is 46.6 Å². The predicted molar refractivity (Wildman–Crippen MR) is 120 cm³/mol. The molecule has 156 valence electrons. The van der Waals surface area contributed by atoms with E-state index in [1.54, 1.807) is 42.5 Å². The first-order valence-electron chi connectivity index (χ1n) is 9.46. The molecular weight excluding hydrogens is 437 g/mol. The van der Waals surface area contributed by atoms with E-state index in [4.69, 9.17) is 16.3 Å². The predicted octanol–water partition coefficient (Wildman–Crippen LogP) is 6.29. The lowest BCUT2D eigenvalue weighted by atomic mass is 10.2. The molecule has 0 unspecified atom stereocenters. The second-order valence-corrected chi connectivity index (χ2v) is 8.22. The Labute approximate surface area is 188 Å². The highest BCUT2D eigenvalue weighted by atomic mass is 35.5. The first kappa shape index (κ1) is 21.2. The van der Waals surface area contributed by atoms with E-state index in [0.717, 1.165) is 22.2 Å². The normalized spacial score (nSPS) is 15.0. The van der Waals surface area contributed by atoms with Crippen molar-refractivity contribution in [3.63, 3.8) is 0 Å². The molecule has 1 aliphatic heterocycles. The van der Waals surface area contributed by atoms with Crippen molar-refractivity contribution in [3.05, 3.63) is 105 Å². The van der Waals surface area contributed by atoms with E-state index >= 15 is 0 Å². The van der Waals surface area contributed by atoms with Crippen LogP contribution in [0.25, 0.3) is 6.08 Å². The molecule has 0 bridgehead atoms. The molecule has 0 atom stereocenters. The number of carbonyl (C=O) groups excluding carboxylic acids is 2. The number of hydrogen-bond donors (Lipinski definition) is 0. The molecule has 1 heterocycles. The van der Waals surface area contributed by atoms with Crippen molar-refractivity contribution in [3.8, 4) is 5.75 Å². The van der Waals surface area contributed by atoms with Crippen LogP contribution in [0.1, 0.15) is 16.7 Å². The summed E-state index contributed by atoms with van der Waals surface area (Å²) in [5.41, 5.74) is 1.97. The van der Waals surface area contributed by atoms with E-state index in [1.807, 2.05) is 30.3 Å². The standard InChI is InChI=1S/C24H17ClFNO3S/c25-19-12-17(10-11-21(19)30-15-16-6-2-1-3-7-16)13-22-23(28)27(24(29)31-22)14-18-8-4-5-9-20(18)26/h1-13H,14-15H2/b22-13-. The fourth-order valence-electron chi connectivity index (χ4n) is 3.04. The Bertz CT molecular complexity index is 1170. The number of rotatable bonds is 6. The zero-order chi connectivity index (χ0) is 21.8. The summed E-state index contributed by atoms with van der Waals surface area (Å²) in [5.74, 6) is -0.391. The van der Waals surface area contributed by atoms with Crippen LogP contribution in [0.3, 0.4) is 0 Å². The smallest absolute Gasteiger partial charge is 0.293 e. The second-order valence-electron chi connectivity index (χ2n) is 6.82. The summed E-state index contributed by atoms with van der Waals surface area (Å²) in [5, 5.41) is -0.0383. The second kappa shape index (κ2) is 9.37. The number of ether oxygens (including phenoxy) is 1. The van der Waals surface area contributed by atoms with Crippen LogP contribution in [0.2, 0.25) is 5.02 Å².